The highest BCUT2D eigenvalue weighted by Crippen LogP contribution is 2.33. The van der Waals surface area contributed by atoms with Crippen molar-refractivity contribution in [2.45, 2.75) is 128 Å². The maximum absolute atomic E-state index is 14.2. The zero-order valence-electron chi connectivity index (χ0n) is 35.8. The van der Waals surface area contributed by atoms with Crippen molar-refractivity contribution in [2.24, 2.45) is 17.8 Å². The molecule has 2 aromatic carbocycles. The lowest BCUT2D eigenvalue weighted by molar-refractivity contribution is -0.140. The third kappa shape index (κ3) is 12.6. The summed E-state index contributed by atoms with van der Waals surface area (Å²) in [5.41, 5.74) is 0.722. The molecule has 60 heavy (non-hydrogen) atoms. The van der Waals surface area contributed by atoms with Crippen LogP contribution in [0.2, 0.25) is 0 Å². The van der Waals surface area contributed by atoms with Gasteiger partial charge in [-0.1, -0.05) is 70.2 Å². The van der Waals surface area contributed by atoms with E-state index in [1.54, 1.807) is 32.9 Å². The molecule has 3 saturated heterocycles. The van der Waals surface area contributed by atoms with Gasteiger partial charge in [0.05, 0.1) is 36.2 Å². The van der Waals surface area contributed by atoms with E-state index in [-0.39, 0.29) is 67.1 Å². The second kappa shape index (κ2) is 20.5. The van der Waals surface area contributed by atoms with E-state index in [0.717, 1.165) is 5.56 Å². The number of carbonyl (C=O) groups is 4. The second-order valence-corrected chi connectivity index (χ2v) is 19.5. The van der Waals surface area contributed by atoms with Crippen LogP contribution in [-0.2, 0) is 51.5 Å². The van der Waals surface area contributed by atoms with E-state index in [9.17, 15) is 32.7 Å². The minimum absolute atomic E-state index is 0.00301. The fourth-order valence-corrected chi connectivity index (χ4v) is 9.32. The highest BCUT2D eigenvalue weighted by Gasteiger charge is 2.44. The molecule has 0 aliphatic carbocycles. The quantitative estimate of drug-likeness (QED) is 0.180. The number of amides is 4. The van der Waals surface area contributed by atoms with Crippen LogP contribution in [0.15, 0.2) is 59.5 Å². The Morgan fingerprint density at radius 1 is 0.917 bits per heavy atom. The maximum atomic E-state index is 14.2. The van der Waals surface area contributed by atoms with Crippen LogP contribution in [-0.4, -0.2) is 122 Å². The Labute approximate surface area is 354 Å². The Morgan fingerprint density at radius 3 is 2.27 bits per heavy atom. The van der Waals surface area contributed by atoms with Gasteiger partial charge in [0, 0.05) is 26.2 Å². The van der Waals surface area contributed by atoms with Crippen molar-refractivity contribution >= 4 is 34.0 Å². The smallest absolute Gasteiger partial charge is 0.408 e. The first-order valence-corrected chi connectivity index (χ1v) is 22.4. The number of hydrogen-bond donors (Lipinski definition) is 4. The third-order valence-corrected chi connectivity index (χ3v) is 12.6. The Morgan fingerprint density at radius 2 is 1.62 bits per heavy atom. The van der Waals surface area contributed by atoms with Gasteiger partial charge in [0.1, 0.15) is 23.8 Å². The van der Waals surface area contributed by atoms with Gasteiger partial charge in [-0.25, -0.2) is 18.0 Å². The van der Waals surface area contributed by atoms with Crippen molar-refractivity contribution in [3.05, 3.63) is 65.7 Å². The van der Waals surface area contributed by atoms with Gasteiger partial charge in [-0.15, -0.1) is 0 Å². The zero-order valence-corrected chi connectivity index (χ0v) is 36.6. The average molecular weight is 858 g/mol. The highest BCUT2D eigenvalue weighted by molar-refractivity contribution is 7.89. The number of likely N-dealkylation sites (tertiary alicyclic amines) is 1. The molecule has 16 nitrogen and oxygen atoms in total. The SMILES string of the molecule is CC(C)CN(C[C@@H](O)[C@H](Cc1ccccc1)NC(=O)O[C@H]1CO[C@H]2OCC[C@H]21)S(=O)(=O)c1ccc(CNC(=O)[C@@H]2CCCN2C(=O)[C@@H](NC(=O)OC(C)(C)C)C(C)C)cc1. The van der Waals surface area contributed by atoms with Crippen molar-refractivity contribution in [3.63, 3.8) is 0 Å². The molecule has 3 fully saturated rings. The summed E-state index contributed by atoms with van der Waals surface area (Å²) in [5.74, 6) is -1.15. The van der Waals surface area contributed by atoms with Crippen LogP contribution in [0.1, 0.15) is 78.9 Å². The lowest BCUT2D eigenvalue weighted by Gasteiger charge is -2.31. The molecule has 17 heteroatoms. The van der Waals surface area contributed by atoms with E-state index in [4.69, 9.17) is 18.9 Å². The van der Waals surface area contributed by atoms with Crippen LogP contribution in [0.25, 0.3) is 0 Å². The summed E-state index contributed by atoms with van der Waals surface area (Å²) >= 11 is 0. The fourth-order valence-electron chi connectivity index (χ4n) is 7.70. The molecule has 0 saturated carbocycles. The van der Waals surface area contributed by atoms with Crippen molar-refractivity contribution in [1.82, 2.24) is 25.2 Å². The Kier molecular flexibility index (Phi) is 16.0. The lowest BCUT2D eigenvalue weighted by atomic mass is 10.0. The Bertz CT molecular complexity index is 1870. The summed E-state index contributed by atoms with van der Waals surface area (Å²) in [6.07, 6.45) is -1.66. The van der Waals surface area contributed by atoms with E-state index < -0.39 is 64.4 Å². The van der Waals surface area contributed by atoms with Gasteiger partial charge in [0.25, 0.3) is 0 Å². The molecule has 4 N–H and O–H groups in total. The topological polar surface area (TPSA) is 202 Å². The summed E-state index contributed by atoms with van der Waals surface area (Å²) < 4.78 is 51.8. The number of sulfonamides is 1. The minimum Gasteiger partial charge on any atom is -0.444 e. The van der Waals surface area contributed by atoms with Gasteiger partial charge in [-0.3, -0.25) is 9.59 Å². The molecule has 0 spiro atoms. The van der Waals surface area contributed by atoms with Crippen molar-refractivity contribution in [2.75, 3.05) is 32.8 Å². The molecule has 7 atom stereocenters. The molecule has 2 aromatic rings. The zero-order chi connectivity index (χ0) is 43.8. The largest absolute Gasteiger partial charge is 0.444 e. The van der Waals surface area contributed by atoms with Gasteiger partial charge in [0.2, 0.25) is 21.8 Å². The van der Waals surface area contributed by atoms with Crippen LogP contribution >= 0.6 is 0 Å². The average Bonchev–Trinajstić information content (AvgIpc) is 3.94. The predicted molar refractivity (Wildman–Crippen MR) is 222 cm³/mol. The molecule has 3 aliphatic rings. The number of hydrogen-bond acceptors (Lipinski definition) is 11. The van der Waals surface area contributed by atoms with Gasteiger partial charge in [-0.05, 0) is 81.5 Å². The number of ether oxygens (including phenoxy) is 4. The molecule has 5 rings (SSSR count). The Hall–Kier alpha value is -4.29. The molecule has 0 bridgehead atoms. The van der Waals surface area contributed by atoms with Crippen LogP contribution in [0, 0.1) is 17.8 Å². The van der Waals surface area contributed by atoms with Crippen molar-refractivity contribution < 1.29 is 51.6 Å². The number of rotatable bonds is 17. The van der Waals surface area contributed by atoms with Crippen LogP contribution in [0.3, 0.4) is 0 Å². The maximum Gasteiger partial charge on any atom is 0.408 e. The number of aliphatic hydroxyl groups is 1. The van der Waals surface area contributed by atoms with Crippen molar-refractivity contribution in [3.8, 4) is 0 Å². The number of aliphatic hydroxyl groups excluding tert-OH is 1. The van der Waals surface area contributed by atoms with E-state index in [0.29, 0.717) is 38.0 Å². The molecule has 3 aliphatic heterocycles. The van der Waals surface area contributed by atoms with E-state index in [2.05, 4.69) is 16.0 Å². The van der Waals surface area contributed by atoms with Crippen LogP contribution in [0.5, 0.6) is 0 Å². The summed E-state index contributed by atoms with van der Waals surface area (Å²) in [4.78, 5) is 54.3. The van der Waals surface area contributed by atoms with Crippen LogP contribution in [0.4, 0.5) is 9.59 Å². The van der Waals surface area contributed by atoms with Gasteiger partial charge in [0.15, 0.2) is 6.29 Å². The molecular formula is C43H63N5O11S. The molecule has 0 aromatic heterocycles. The van der Waals surface area contributed by atoms with Crippen molar-refractivity contribution in [1.29, 1.82) is 0 Å². The fraction of sp³-hybridized carbons (Fsp3) is 0.628. The van der Waals surface area contributed by atoms with Gasteiger partial charge in [-0.2, -0.15) is 4.31 Å². The number of carbonyl (C=O) groups excluding carboxylic acids is 4. The van der Waals surface area contributed by atoms with Gasteiger partial charge >= 0.3 is 12.2 Å². The minimum atomic E-state index is -4.14. The Balaban J connectivity index is 1.22. The number of benzene rings is 2. The van der Waals surface area contributed by atoms with Gasteiger partial charge < -0.3 is 44.9 Å². The first-order valence-electron chi connectivity index (χ1n) is 20.9. The lowest BCUT2D eigenvalue weighted by Crippen LogP contribution is -2.55. The summed E-state index contributed by atoms with van der Waals surface area (Å²) in [6.45, 7) is 13.5. The molecule has 0 unspecified atom stereocenters. The molecule has 3 heterocycles. The standard InChI is InChI=1S/C43H63N5O11S/c1-27(2)24-47(25-35(49)33(22-29-12-9-8-10-13-29)45-41(52)58-36-26-57-40-32(36)19-21-56-40)60(54,55)31-17-15-30(16-18-31)23-44-38(50)34-14-11-20-48(34)39(51)37(28(3)4)46-42(53)59-43(5,6)7/h8-10,12-13,15-18,27-28,32-37,40,49H,11,14,19-26H2,1-7H3,(H,44,50)(H,45,52)(H,46,53)/t32-,33-,34-,35+,36-,37-,40+/m0/s1. The molecule has 0 radical (unpaired) electrons. The van der Waals surface area contributed by atoms with Crippen LogP contribution < -0.4 is 16.0 Å². The number of fused-ring (bicyclic) bond motifs is 1. The summed E-state index contributed by atoms with van der Waals surface area (Å²) in [6, 6.07) is 12.9. The number of alkyl carbamates (subject to hydrolysis) is 2. The third-order valence-electron chi connectivity index (χ3n) is 10.7. The first kappa shape index (κ1) is 46.8. The second-order valence-electron chi connectivity index (χ2n) is 17.6. The number of nitrogens with zero attached hydrogens (tertiary/aromatic N) is 2. The first-order chi connectivity index (χ1) is 28.3. The molecular weight excluding hydrogens is 795 g/mol. The predicted octanol–water partition coefficient (Wildman–Crippen LogP) is 3.95. The van der Waals surface area contributed by atoms with E-state index >= 15 is 0 Å². The number of nitrogens with one attached hydrogen (secondary N) is 3. The summed E-state index contributed by atoms with van der Waals surface area (Å²) in [7, 11) is -4.14. The monoisotopic (exact) mass is 857 g/mol. The van der Waals surface area contributed by atoms with E-state index in [1.165, 1.54) is 21.3 Å². The molecule has 4 amide bonds. The summed E-state index contributed by atoms with van der Waals surface area (Å²) in [5, 5.41) is 20.0. The van der Waals surface area contributed by atoms with E-state index in [1.807, 2.05) is 58.0 Å². The normalized spacial score (nSPS) is 22.0. The highest BCUT2D eigenvalue weighted by atomic mass is 32.2. The molecule has 332 valence electrons.